The number of imide groups is 1. The maximum Gasteiger partial charge on any atom is 0.343 e. The Hall–Kier alpha value is -2.13. The molecule has 0 aromatic heterocycles. The highest BCUT2D eigenvalue weighted by molar-refractivity contribution is 7.84. The molecule has 2 aromatic carbocycles. The number of hydrogen-bond donors (Lipinski definition) is 1. The fourth-order valence-corrected chi connectivity index (χ4v) is 3.62. The molecule has 2 aromatic rings. The van der Waals surface area contributed by atoms with Crippen molar-refractivity contribution in [2.75, 3.05) is 24.9 Å². The monoisotopic (exact) mass is 427 g/mol. The van der Waals surface area contributed by atoms with E-state index in [2.05, 4.69) is 5.32 Å². The van der Waals surface area contributed by atoms with E-state index in [0.717, 1.165) is 0 Å². The Kier molecular flexibility index (Phi) is 5.71. The molecule has 1 atom stereocenters. The summed E-state index contributed by atoms with van der Waals surface area (Å²) in [6, 6.07) is 9.13. The molecule has 1 saturated heterocycles. The number of hydrogen-bond acceptors (Lipinski definition) is 5. The Bertz CT molecular complexity index is 913. The lowest BCUT2D eigenvalue weighted by molar-refractivity contribution is -0.121. The minimum Gasteiger partial charge on any atom is -0.454 e. The second kappa shape index (κ2) is 7.85. The van der Waals surface area contributed by atoms with E-state index in [-0.39, 0.29) is 22.3 Å². The Morgan fingerprint density at radius 1 is 1.11 bits per heavy atom. The van der Waals surface area contributed by atoms with Crippen molar-refractivity contribution in [3.63, 3.8) is 0 Å². The molecule has 1 fully saturated rings. The maximum atomic E-state index is 12.1. The van der Waals surface area contributed by atoms with Gasteiger partial charge in [0.15, 0.2) is 5.75 Å². The van der Waals surface area contributed by atoms with Crippen LogP contribution in [0.15, 0.2) is 41.3 Å². The molecule has 0 aliphatic carbocycles. The van der Waals surface area contributed by atoms with Gasteiger partial charge in [-0.25, -0.2) is 14.8 Å². The molecule has 1 N–H and O–H groups in total. The number of rotatable bonds is 4. The Labute approximate surface area is 168 Å². The van der Waals surface area contributed by atoms with Crippen molar-refractivity contribution in [3.05, 3.63) is 46.4 Å². The highest BCUT2D eigenvalue weighted by Crippen LogP contribution is 2.40. The number of likely N-dealkylation sites (N-methyl/N-ethyl adjacent to an activating group) is 1. The van der Waals surface area contributed by atoms with Crippen molar-refractivity contribution in [1.82, 2.24) is 10.3 Å². The summed E-state index contributed by atoms with van der Waals surface area (Å²) < 4.78 is 17.2. The molecule has 3 amide bonds. The van der Waals surface area contributed by atoms with Gasteiger partial charge in [0.1, 0.15) is 5.75 Å². The number of amides is 3. The number of benzene rings is 2. The molecule has 1 heterocycles. The van der Waals surface area contributed by atoms with Gasteiger partial charge >= 0.3 is 6.03 Å². The van der Waals surface area contributed by atoms with Gasteiger partial charge in [0.25, 0.3) is 0 Å². The van der Waals surface area contributed by atoms with Crippen molar-refractivity contribution >= 4 is 51.6 Å². The van der Waals surface area contributed by atoms with Crippen LogP contribution < -0.4 is 15.1 Å². The molecular formula is C17H15Cl2N3O4S. The van der Waals surface area contributed by atoms with E-state index in [1.165, 1.54) is 22.2 Å². The fourth-order valence-electron chi connectivity index (χ4n) is 2.54. The first kappa shape index (κ1) is 19.6. The molecular weight excluding hydrogens is 413 g/mol. The van der Waals surface area contributed by atoms with Crippen LogP contribution in [0.3, 0.4) is 0 Å². The van der Waals surface area contributed by atoms with Gasteiger partial charge in [-0.1, -0.05) is 23.2 Å². The zero-order chi connectivity index (χ0) is 19.7. The quantitative estimate of drug-likeness (QED) is 0.808. The number of urea groups is 1. The van der Waals surface area contributed by atoms with Crippen molar-refractivity contribution < 1.29 is 18.5 Å². The highest BCUT2D eigenvalue weighted by Gasteiger charge is 2.30. The van der Waals surface area contributed by atoms with Gasteiger partial charge in [-0.3, -0.25) is 14.3 Å². The Morgan fingerprint density at radius 2 is 1.70 bits per heavy atom. The summed E-state index contributed by atoms with van der Waals surface area (Å²) >= 11 is 12.6. The summed E-state index contributed by atoms with van der Waals surface area (Å²) in [4.78, 5) is 24.2. The molecule has 7 nitrogen and oxygen atoms in total. The summed E-state index contributed by atoms with van der Waals surface area (Å²) in [6.07, 6.45) is 1.59. The summed E-state index contributed by atoms with van der Waals surface area (Å²) in [6.45, 7) is 0.0182. The minimum absolute atomic E-state index is 0.0182. The summed E-state index contributed by atoms with van der Waals surface area (Å²) in [5.74, 6) is 0.301. The molecule has 0 spiro atoms. The molecule has 142 valence electrons. The van der Waals surface area contributed by atoms with Crippen LogP contribution in [0.1, 0.15) is 0 Å². The molecule has 1 aliphatic rings. The molecule has 27 heavy (non-hydrogen) atoms. The molecule has 1 unspecified atom stereocenters. The molecule has 1 aliphatic heterocycles. The average molecular weight is 428 g/mol. The van der Waals surface area contributed by atoms with Crippen molar-refractivity contribution in [1.29, 1.82) is 0 Å². The minimum atomic E-state index is -1.09. The summed E-state index contributed by atoms with van der Waals surface area (Å²) in [7, 11) is 0.512. The molecule has 0 bridgehead atoms. The van der Waals surface area contributed by atoms with Crippen LogP contribution in [-0.4, -0.2) is 41.0 Å². The van der Waals surface area contributed by atoms with E-state index in [9.17, 15) is 13.8 Å². The molecule has 3 rings (SSSR count). The predicted molar refractivity (Wildman–Crippen MR) is 104 cm³/mol. The van der Waals surface area contributed by atoms with Gasteiger partial charge in [0.05, 0.1) is 22.3 Å². The van der Waals surface area contributed by atoms with E-state index < -0.39 is 22.7 Å². The first-order chi connectivity index (χ1) is 12.8. The number of hydrazine groups is 1. The number of carbonyl (C=O) groups is 2. The third-order valence-electron chi connectivity index (χ3n) is 3.76. The van der Waals surface area contributed by atoms with Crippen LogP contribution in [0.25, 0.3) is 0 Å². The molecule has 0 radical (unpaired) electrons. The number of halogens is 2. The van der Waals surface area contributed by atoms with Crippen LogP contribution >= 0.6 is 23.2 Å². The van der Waals surface area contributed by atoms with Crippen LogP contribution in [0.2, 0.25) is 10.0 Å². The van der Waals surface area contributed by atoms with E-state index in [1.807, 2.05) is 0 Å². The SMILES string of the molecule is CN1CC(=O)NC(=O)N1c1cc(Cl)c(Oc2ccc(S(C)=O)cc2)c(Cl)c1. The van der Waals surface area contributed by atoms with E-state index in [1.54, 1.807) is 37.6 Å². The number of anilines is 1. The van der Waals surface area contributed by atoms with Crippen LogP contribution in [0.5, 0.6) is 11.5 Å². The van der Waals surface area contributed by atoms with Crippen molar-refractivity contribution in [3.8, 4) is 11.5 Å². The normalized spacial score (nSPS) is 16.2. The third kappa shape index (κ3) is 4.24. The van der Waals surface area contributed by atoms with Crippen LogP contribution in [0, 0.1) is 0 Å². The second-order valence-corrected chi connectivity index (χ2v) is 7.94. The lowest BCUT2D eigenvalue weighted by Crippen LogP contribution is -2.59. The first-order valence-corrected chi connectivity index (χ1v) is 10.0. The van der Waals surface area contributed by atoms with Crippen molar-refractivity contribution in [2.45, 2.75) is 4.90 Å². The number of nitrogens with zero attached hydrogens (tertiary/aromatic N) is 2. The van der Waals surface area contributed by atoms with E-state index in [0.29, 0.717) is 16.3 Å². The Balaban J connectivity index is 1.88. The largest absolute Gasteiger partial charge is 0.454 e. The lowest BCUT2D eigenvalue weighted by atomic mass is 10.2. The summed E-state index contributed by atoms with van der Waals surface area (Å²) in [5, 5.41) is 5.33. The number of carbonyl (C=O) groups excluding carboxylic acids is 2. The lowest BCUT2D eigenvalue weighted by Gasteiger charge is -2.35. The van der Waals surface area contributed by atoms with Gasteiger partial charge in [0.2, 0.25) is 5.91 Å². The smallest absolute Gasteiger partial charge is 0.343 e. The Morgan fingerprint density at radius 3 is 2.22 bits per heavy atom. The average Bonchev–Trinajstić information content (AvgIpc) is 2.57. The summed E-state index contributed by atoms with van der Waals surface area (Å²) in [5.41, 5.74) is 0.390. The molecule has 0 saturated carbocycles. The van der Waals surface area contributed by atoms with Crippen LogP contribution in [0.4, 0.5) is 10.5 Å². The topological polar surface area (TPSA) is 79.0 Å². The zero-order valence-corrected chi connectivity index (χ0v) is 16.7. The first-order valence-electron chi connectivity index (χ1n) is 7.71. The van der Waals surface area contributed by atoms with Gasteiger partial charge in [0, 0.05) is 29.0 Å². The van der Waals surface area contributed by atoms with E-state index >= 15 is 0 Å². The standard InChI is InChI=1S/C17H15Cl2N3O4S/c1-21-9-15(23)20-17(24)22(21)10-7-13(18)16(14(19)8-10)26-11-3-5-12(6-4-11)27(2)25/h3-8H,9H2,1-2H3,(H,20,23,24). The molecule has 10 heteroatoms. The van der Waals surface area contributed by atoms with Gasteiger partial charge < -0.3 is 4.74 Å². The number of nitrogens with one attached hydrogen (secondary N) is 1. The van der Waals surface area contributed by atoms with Gasteiger partial charge in [-0.05, 0) is 36.4 Å². The third-order valence-corrected chi connectivity index (χ3v) is 5.25. The van der Waals surface area contributed by atoms with Gasteiger partial charge in [-0.15, -0.1) is 0 Å². The van der Waals surface area contributed by atoms with Crippen LogP contribution in [-0.2, 0) is 15.6 Å². The van der Waals surface area contributed by atoms with Crippen molar-refractivity contribution in [2.24, 2.45) is 0 Å². The van der Waals surface area contributed by atoms with E-state index in [4.69, 9.17) is 27.9 Å². The maximum absolute atomic E-state index is 12.1. The fraction of sp³-hybridized carbons (Fsp3) is 0.176. The number of ether oxygens (including phenoxy) is 1. The van der Waals surface area contributed by atoms with Gasteiger partial charge in [-0.2, -0.15) is 0 Å². The zero-order valence-electron chi connectivity index (χ0n) is 14.4. The highest BCUT2D eigenvalue weighted by atomic mass is 35.5. The second-order valence-electron chi connectivity index (χ2n) is 5.75. The predicted octanol–water partition coefficient (Wildman–Crippen LogP) is 3.43.